The van der Waals surface area contributed by atoms with Crippen molar-refractivity contribution in [2.24, 2.45) is 0 Å². The summed E-state index contributed by atoms with van der Waals surface area (Å²) in [6.07, 6.45) is 1.82. The van der Waals surface area contributed by atoms with Crippen LogP contribution in [0.4, 0.5) is 0 Å². The van der Waals surface area contributed by atoms with Crippen molar-refractivity contribution in [1.29, 1.82) is 10.5 Å². The van der Waals surface area contributed by atoms with E-state index in [0.717, 1.165) is 88.2 Å². The second-order valence-electron chi connectivity index (χ2n) is 12.3. The second-order valence-corrected chi connectivity index (χ2v) is 12.3. The molecule has 0 spiro atoms. The van der Waals surface area contributed by atoms with Crippen LogP contribution >= 0.6 is 0 Å². The molecule has 10 rings (SSSR count). The van der Waals surface area contributed by atoms with E-state index in [1.165, 1.54) is 0 Å². The molecule has 0 saturated heterocycles. The molecule has 0 aliphatic carbocycles. The monoisotopic (exact) mass is 625 g/mol. The van der Waals surface area contributed by atoms with Crippen molar-refractivity contribution >= 4 is 65.7 Å². The highest BCUT2D eigenvalue weighted by Crippen LogP contribution is 2.40. The van der Waals surface area contributed by atoms with Gasteiger partial charge < -0.3 is 8.98 Å². The number of aromatic nitrogens is 3. The first-order valence-electron chi connectivity index (χ1n) is 16.0. The van der Waals surface area contributed by atoms with Gasteiger partial charge in [-0.15, -0.1) is 0 Å². The number of rotatable bonds is 3. The molecule has 6 nitrogen and oxygen atoms in total. The molecular formula is C43H23N5O. The van der Waals surface area contributed by atoms with E-state index in [9.17, 15) is 10.5 Å². The first-order valence-corrected chi connectivity index (χ1v) is 16.0. The van der Waals surface area contributed by atoms with E-state index >= 15 is 0 Å². The highest BCUT2D eigenvalue weighted by atomic mass is 16.3. The predicted molar refractivity (Wildman–Crippen MR) is 195 cm³/mol. The normalized spacial score (nSPS) is 11.6. The van der Waals surface area contributed by atoms with E-state index in [4.69, 9.17) is 9.40 Å². The first-order chi connectivity index (χ1) is 24.2. The molecule has 10 aromatic rings. The van der Waals surface area contributed by atoms with Crippen molar-refractivity contribution in [3.8, 4) is 34.6 Å². The van der Waals surface area contributed by atoms with Crippen LogP contribution in [0.5, 0.6) is 0 Å². The lowest BCUT2D eigenvalue weighted by Gasteiger charge is -2.13. The molecule has 226 valence electrons. The molecule has 0 fully saturated rings. The third-order valence-electron chi connectivity index (χ3n) is 9.58. The molecule has 0 amide bonds. The number of fused-ring (bicyclic) bond motifs is 10. The Balaban J connectivity index is 1.22. The average Bonchev–Trinajstić information content (AvgIpc) is 3.82. The third kappa shape index (κ3) is 3.89. The van der Waals surface area contributed by atoms with E-state index in [0.29, 0.717) is 11.1 Å². The molecule has 6 aromatic carbocycles. The SMILES string of the molecule is N#Cc1cc(-c2cccc(-n3c4ncccc4c4ccc5c6ccccc6oc5c43)c2)cc(-n2c3ccccc3c3cc(C#N)ccc32)c1. The molecule has 49 heavy (non-hydrogen) atoms. The van der Waals surface area contributed by atoms with Crippen molar-refractivity contribution < 1.29 is 4.42 Å². The van der Waals surface area contributed by atoms with Gasteiger partial charge >= 0.3 is 0 Å². The lowest BCUT2D eigenvalue weighted by Crippen LogP contribution is -1.98. The number of pyridine rings is 1. The van der Waals surface area contributed by atoms with Crippen LogP contribution in [0.3, 0.4) is 0 Å². The van der Waals surface area contributed by atoms with Gasteiger partial charge in [-0.25, -0.2) is 4.98 Å². The second kappa shape index (κ2) is 10.2. The standard InChI is InChI=1S/C43H23N5O/c44-24-26-14-17-39-37(21-26)32-9-1-3-12-38(32)47(39)31-20-27(25-45)19-29(23-31)28-7-5-8-30(22-28)48-41-34(36-11-6-18-46-43(36)48)15-16-35-33-10-2-4-13-40(33)49-42(35)41/h1-23H. The zero-order valence-corrected chi connectivity index (χ0v) is 25.9. The van der Waals surface area contributed by atoms with Crippen molar-refractivity contribution in [3.63, 3.8) is 0 Å². The summed E-state index contributed by atoms with van der Waals surface area (Å²) in [6, 6.07) is 49.5. The molecule has 0 radical (unpaired) electrons. The average molecular weight is 626 g/mol. The summed E-state index contributed by atoms with van der Waals surface area (Å²) in [7, 11) is 0. The van der Waals surface area contributed by atoms with Gasteiger partial charge in [0.05, 0.1) is 39.8 Å². The molecule has 4 aromatic heterocycles. The Morgan fingerprint density at radius 3 is 2.18 bits per heavy atom. The summed E-state index contributed by atoms with van der Waals surface area (Å²) in [5, 5.41) is 26.1. The highest BCUT2D eigenvalue weighted by molar-refractivity contribution is 6.21. The minimum Gasteiger partial charge on any atom is -0.454 e. The molecule has 0 aliphatic heterocycles. The van der Waals surface area contributed by atoms with Gasteiger partial charge in [-0.3, -0.25) is 4.57 Å². The van der Waals surface area contributed by atoms with E-state index < -0.39 is 0 Å². The largest absolute Gasteiger partial charge is 0.454 e. The quantitative estimate of drug-likeness (QED) is 0.196. The lowest BCUT2D eigenvalue weighted by molar-refractivity contribution is 0.671. The fourth-order valence-corrected chi connectivity index (χ4v) is 7.47. The fourth-order valence-electron chi connectivity index (χ4n) is 7.47. The summed E-state index contributed by atoms with van der Waals surface area (Å²) < 4.78 is 10.9. The minimum atomic E-state index is 0.556. The minimum absolute atomic E-state index is 0.556. The van der Waals surface area contributed by atoms with Gasteiger partial charge in [-0.05, 0) is 90.0 Å². The van der Waals surface area contributed by atoms with Crippen LogP contribution < -0.4 is 0 Å². The predicted octanol–water partition coefficient (Wildman–Crippen LogP) is 10.6. The van der Waals surface area contributed by atoms with Crippen LogP contribution in [-0.4, -0.2) is 14.1 Å². The number of para-hydroxylation sites is 2. The highest BCUT2D eigenvalue weighted by Gasteiger charge is 2.20. The molecule has 0 bridgehead atoms. The third-order valence-corrected chi connectivity index (χ3v) is 9.58. The summed E-state index contributed by atoms with van der Waals surface area (Å²) in [5.74, 6) is 0. The van der Waals surface area contributed by atoms with Crippen LogP contribution in [0.15, 0.2) is 144 Å². The van der Waals surface area contributed by atoms with Gasteiger partial charge in [0.25, 0.3) is 0 Å². The van der Waals surface area contributed by atoms with Crippen molar-refractivity contribution in [1.82, 2.24) is 14.1 Å². The number of hydrogen-bond donors (Lipinski definition) is 0. The zero-order valence-electron chi connectivity index (χ0n) is 25.9. The van der Waals surface area contributed by atoms with E-state index in [-0.39, 0.29) is 0 Å². The topological polar surface area (TPSA) is 83.5 Å². The number of nitriles is 2. The number of benzene rings is 6. The summed E-state index contributed by atoms with van der Waals surface area (Å²) in [4.78, 5) is 4.86. The number of hydrogen-bond acceptors (Lipinski definition) is 4. The number of nitrogens with zero attached hydrogens (tertiary/aromatic N) is 5. The molecule has 4 heterocycles. The van der Waals surface area contributed by atoms with Gasteiger partial charge in [0, 0.05) is 49.9 Å². The van der Waals surface area contributed by atoms with E-state index in [2.05, 4.69) is 81.9 Å². The number of furan rings is 1. The van der Waals surface area contributed by atoms with E-state index in [1.54, 1.807) is 0 Å². The van der Waals surface area contributed by atoms with Crippen molar-refractivity contribution in [3.05, 3.63) is 151 Å². The Kier molecular flexibility index (Phi) is 5.61. The Labute approximate surface area is 279 Å². The van der Waals surface area contributed by atoms with Gasteiger partial charge in [0.2, 0.25) is 0 Å². The Hall–Kier alpha value is -7.15. The summed E-state index contributed by atoms with van der Waals surface area (Å²) in [6.45, 7) is 0. The maximum absolute atomic E-state index is 10.2. The molecule has 0 N–H and O–H groups in total. The first kappa shape index (κ1) is 27.0. The van der Waals surface area contributed by atoms with Crippen LogP contribution in [-0.2, 0) is 0 Å². The summed E-state index contributed by atoms with van der Waals surface area (Å²) in [5.41, 5.74) is 10.3. The molecular weight excluding hydrogens is 603 g/mol. The van der Waals surface area contributed by atoms with Crippen LogP contribution in [0.2, 0.25) is 0 Å². The van der Waals surface area contributed by atoms with Gasteiger partial charge in [0.15, 0.2) is 5.58 Å². The molecule has 6 heteroatoms. The molecule has 0 aliphatic rings. The zero-order chi connectivity index (χ0) is 32.6. The van der Waals surface area contributed by atoms with Crippen molar-refractivity contribution in [2.45, 2.75) is 0 Å². The maximum atomic E-state index is 10.2. The molecule has 0 unspecified atom stereocenters. The van der Waals surface area contributed by atoms with Crippen LogP contribution in [0.1, 0.15) is 11.1 Å². The van der Waals surface area contributed by atoms with Gasteiger partial charge in [-0.2, -0.15) is 10.5 Å². The summed E-state index contributed by atoms with van der Waals surface area (Å²) >= 11 is 0. The van der Waals surface area contributed by atoms with Crippen molar-refractivity contribution in [2.75, 3.05) is 0 Å². The Morgan fingerprint density at radius 2 is 1.29 bits per heavy atom. The Morgan fingerprint density at radius 1 is 0.510 bits per heavy atom. The van der Waals surface area contributed by atoms with E-state index in [1.807, 2.05) is 79.0 Å². The lowest BCUT2D eigenvalue weighted by atomic mass is 10.0. The smallest absolute Gasteiger partial charge is 0.160 e. The fraction of sp³-hybridized carbons (Fsp3) is 0. The van der Waals surface area contributed by atoms with Gasteiger partial charge in [-0.1, -0.05) is 54.6 Å². The molecule has 0 saturated carbocycles. The maximum Gasteiger partial charge on any atom is 0.160 e. The van der Waals surface area contributed by atoms with Crippen LogP contribution in [0.25, 0.3) is 88.2 Å². The molecule has 0 atom stereocenters. The van der Waals surface area contributed by atoms with Crippen LogP contribution in [0, 0.1) is 22.7 Å². The Bertz CT molecular complexity index is 3090. The van der Waals surface area contributed by atoms with Gasteiger partial charge in [0.1, 0.15) is 11.2 Å².